The van der Waals surface area contributed by atoms with Crippen LogP contribution in [0.3, 0.4) is 0 Å². The third-order valence-corrected chi connectivity index (χ3v) is 6.44. The molecule has 0 aliphatic heterocycles. The first-order valence-electron chi connectivity index (χ1n) is 12.3. The number of carboxylic acids is 1. The first-order valence-corrected chi connectivity index (χ1v) is 13.7. The van der Waals surface area contributed by atoms with Crippen molar-refractivity contribution in [2.75, 3.05) is 12.0 Å². The first kappa shape index (κ1) is 31.3. The quantitative estimate of drug-likeness (QED) is 0.127. The summed E-state index contributed by atoms with van der Waals surface area (Å²) in [5.41, 5.74) is 12.5. The molecule has 0 aliphatic carbocycles. The summed E-state index contributed by atoms with van der Waals surface area (Å²) >= 11 is 1.53. The summed E-state index contributed by atoms with van der Waals surface area (Å²) in [4.78, 5) is 69.0. The highest BCUT2D eigenvalue weighted by Gasteiger charge is 2.31. The Balaban J connectivity index is 2.21. The predicted molar refractivity (Wildman–Crippen MR) is 145 cm³/mol. The number of aromatic nitrogens is 2. The Morgan fingerprint density at radius 2 is 1.59 bits per heavy atom. The van der Waals surface area contributed by atoms with Crippen molar-refractivity contribution in [2.24, 2.45) is 11.5 Å². The molecule has 4 unspecified atom stereocenters. The van der Waals surface area contributed by atoms with Crippen molar-refractivity contribution in [2.45, 2.75) is 56.3 Å². The van der Waals surface area contributed by atoms with Gasteiger partial charge >= 0.3 is 5.97 Å². The van der Waals surface area contributed by atoms with E-state index in [2.05, 4.69) is 25.9 Å². The van der Waals surface area contributed by atoms with Gasteiger partial charge in [0.25, 0.3) is 0 Å². The fourth-order valence-corrected chi connectivity index (χ4v) is 4.12. The number of aromatic amines is 1. The van der Waals surface area contributed by atoms with E-state index >= 15 is 0 Å². The monoisotopic (exact) mass is 561 g/mol. The number of benzene rings is 1. The van der Waals surface area contributed by atoms with E-state index < -0.39 is 53.8 Å². The second kappa shape index (κ2) is 16.1. The van der Waals surface area contributed by atoms with Gasteiger partial charge in [-0.25, -0.2) is 9.78 Å². The van der Waals surface area contributed by atoms with Gasteiger partial charge in [-0.2, -0.15) is 11.8 Å². The van der Waals surface area contributed by atoms with Crippen molar-refractivity contribution in [3.63, 3.8) is 0 Å². The van der Waals surface area contributed by atoms with Gasteiger partial charge in [-0.1, -0.05) is 30.3 Å². The topological polar surface area (TPSA) is 222 Å². The highest BCUT2D eigenvalue weighted by atomic mass is 32.2. The van der Waals surface area contributed by atoms with Crippen molar-refractivity contribution >= 4 is 41.4 Å². The molecule has 4 atom stereocenters. The number of nitrogens with two attached hydrogens (primary N) is 2. The van der Waals surface area contributed by atoms with Gasteiger partial charge in [-0.3, -0.25) is 19.2 Å². The molecule has 0 fully saturated rings. The summed E-state index contributed by atoms with van der Waals surface area (Å²) in [5.74, 6) is -3.39. The zero-order valence-corrected chi connectivity index (χ0v) is 22.4. The molecule has 0 saturated carbocycles. The zero-order valence-electron chi connectivity index (χ0n) is 21.6. The summed E-state index contributed by atoms with van der Waals surface area (Å²) in [7, 11) is 0. The number of rotatable bonds is 17. The molecular weight excluding hydrogens is 526 g/mol. The number of H-pyrrole nitrogens is 1. The second-order valence-corrected chi connectivity index (χ2v) is 9.87. The van der Waals surface area contributed by atoms with Crippen LogP contribution >= 0.6 is 11.8 Å². The lowest BCUT2D eigenvalue weighted by Crippen LogP contribution is -2.58. The largest absolute Gasteiger partial charge is 0.480 e. The lowest BCUT2D eigenvalue weighted by molar-refractivity contribution is -0.142. The van der Waals surface area contributed by atoms with Crippen LogP contribution in [-0.2, 0) is 36.8 Å². The van der Waals surface area contributed by atoms with Crippen LogP contribution in [0.1, 0.15) is 30.5 Å². The SMILES string of the molecule is CSCCC(N)C(=O)NC(Cc1ccccc1)C(=O)NC(CCC(N)=O)C(=O)NC(Cc1cnc[nH]1)C(=O)O. The minimum atomic E-state index is -1.33. The number of carboxylic acid groups (broad SMARTS) is 1. The summed E-state index contributed by atoms with van der Waals surface area (Å²) in [5, 5.41) is 17.2. The third-order valence-electron chi connectivity index (χ3n) is 5.79. The van der Waals surface area contributed by atoms with Gasteiger partial charge in [-0.15, -0.1) is 0 Å². The lowest BCUT2D eigenvalue weighted by Gasteiger charge is -2.25. The molecule has 2 rings (SSSR count). The average Bonchev–Trinajstić information content (AvgIpc) is 3.42. The minimum absolute atomic E-state index is 0.0851. The Morgan fingerprint density at radius 1 is 0.949 bits per heavy atom. The second-order valence-electron chi connectivity index (χ2n) is 8.89. The maximum absolute atomic E-state index is 13.4. The van der Waals surface area contributed by atoms with Crippen molar-refractivity contribution in [1.29, 1.82) is 0 Å². The molecule has 14 heteroatoms. The number of aliphatic carboxylic acids is 1. The van der Waals surface area contributed by atoms with E-state index in [0.29, 0.717) is 17.9 Å². The van der Waals surface area contributed by atoms with E-state index in [1.807, 2.05) is 12.3 Å². The maximum atomic E-state index is 13.4. The van der Waals surface area contributed by atoms with Crippen LogP contribution in [0.25, 0.3) is 0 Å². The molecule has 0 saturated heterocycles. The molecule has 0 bridgehead atoms. The number of nitrogens with one attached hydrogen (secondary N) is 4. The molecule has 0 spiro atoms. The van der Waals surface area contributed by atoms with E-state index in [0.717, 1.165) is 5.56 Å². The van der Waals surface area contributed by atoms with Gasteiger partial charge in [0.1, 0.15) is 18.1 Å². The molecule has 1 heterocycles. The Labute approximate surface area is 230 Å². The van der Waals surface area contributed by atoms with Crippen LogP contribution in [0.4, 0.5) is 0 Å². The molecular formula is C25H35N7O6S. The van der Waals surface area contributed by atoms with Crippen LogP contribution in [0.5, 0.6) is 0 Å². The van der Waals surface area contributed by atoms with E-state index in [4.69, 9.17) is 11.5 Å². The van der Waals surface area contributed by atoms with Gasteiger partial charge in [0.2, 0.25) is 23.6 Å². The van der Waals surface area contributed by atoms with Crippen LogP contribution in [-0.4, -0.2) is 80.8 Å². The number of carbonyl (C=O) groups excluding carboxylic acids is 4. The normalized spacial score (nSPS) is 13.9. The predicted octanol–water partition coefficient (Wildman–Crippen LogP) is -0.920. The molecule has 4 amide bonds. The molecule has 0 radical (unpaired) electrons. The molecule has 13 nitrogen and oxygen atoms in total. The highest BCUT2D eigenvalue weighted by molar-refractivity contribution is 7.98. The standard InChI is InChI=1S/C25H35N7O6S/c1-39-10-9-17(26)22(34)31-19(11-15-5-3-2-4-6-15)24(36)30-18(7-8-21(27)33)23(35)32-20(25(37)38)12-16-13-28-14-29-16/h2-6,13-14,17-20H,7-12,26H2,1H3,(H2,27,33)(H,28,29)(H,30,36)(H,31,34)(H,32,35)(H,37,38). The van der Waals surface area contributed by atoms with Crippen LogP contribution in [0.15, 0.2) is 42.9 Å². The number of hydrogen-bond donors (Lipinski definition) is 7. The van der Waals surface area contributed by atoms with Gasteiger partial charge in [-0.05, 0) is 30.4 Å². The number of primary amides is 1. The molecule has 1 aromatic carbocycles. The van der Waals surface area contributed by atoms with Crippen molar-refractivity contribution < 1.29 is 29.1 Å². The highest BCUT2D eigenvalue weighted by Crippen LogP contribution is 2.08. The Bertz CT molecular complexity index is 1100. The van der Waals surface area contributed by atoms with Crippen LogP contribution in [0, 0.1) is 0 Å². The Hall–Kier alpha value is -3.91. The number of hydrogen-bond acceptors (Lipinski definition) is 8. The molecule has 1 aromatic heterocycles. The zero-order chi connectivity index (χ0) is 28.8. The smallest absolute Gasteiger partial charge is 0.326 e. The number of carbonyl (C=O) groups is 5. The summed E-state index contributed by atoms with van der Waals surface area (Å²) in [6.45, 7) is 0. The van der Waals surface area contributed by atoms with E-state index in [-0.39, 0.29) is 25.7 Å². The van der Waals surface area contributed by atoms with E-state index in [1.54, 1.807) is 24.3 Å². The first-order chi connectivity index (χ1) is 18.6. The number of thioether (sulfide) groups is 1. The summed E-state index contributed by atoms with van der Waals surface area (Å²) < 4.78 is 0. The Kier molecular flexibility index (Phi) is 13.0. The molecule has 0 aliphatic rings. The summed E-state index contributed by atoms with van der Waals surface area (Å²) in [6, 6.07) is 4.38. The molecule has 2 aromatic rings. The number of imidazole rings is 1. The minimum Gasteiger partial charge on any atom is -0.480 e. The van der Waals surface area contributed by atoms with Crippen molar-refractivity contribution in [1.82, 2.24) is 25.9 Å². The molecule has 9 N–H and O–H groups in total. The average molecular weight is 562 g/mol. The van der Waals surface area contributed by atoms with Crippen molar-refractivity contribution in [3.8, 4) is 0 Å². The fourth-order valence-electron chi connectivity index (χ4n) is 3.63. The fraction of sp³-hybridized carbons (Fsp3) is 0.440. The molecule has 212 valence electrons. The van der Waals surface area contributed by atoms with Gasteiger partial charge < -0.3 is 37.5 Å². The lowest BCUT2D eigenvalue weighted by atomic mass is 10.0. The Morgan fingerprint density at radius 3 is 2.18 bits per heavy atom. The third kappa shape index (κ3) is 11.2. The van der Waals surface area contributed by atoms with E-state index in [1.165, 1.54) is 24.3 Å². The number of nitrogens with zero attached hydrogens (tertiary/aromatic N) is 1. The van der Waals surface area contributed by atoms with Crippen molar-refractivity contribution in [3.05, 3.63) is 54.1 Å². The van der Waals surface area contributed by atoms with Crippen LogP contribution in [0.2, 0.25) is 0 Å². The van der Waals surface area contributed by atoms with Gasteiger partial charge in [0.05, 0.1) is 12.4 Å². The van der Waals surface area contributed by atoms with Gasteiger partial charge in [0.15, 0.2) is 0 Å². The van der Waals surface area contributed by atoms with Crippen LogP contribution < -0.4 is 27.4 Å². The maximum Gasteiger partial charge on any atom is 0.326 e. The van der Waals surface area contributed by atoms with E-state index in [9.17, 15) is 29.1 Å². The number of amides is 4. The molecule has 39 heavy (non-hydrogen) atoms. The summed E-state index contributed by atoms with van der Waals surface area (Å²) in [6.07, 6.45) is 4.69. The van der Waals surface area contributed by atoms with Gasteiger partial charge in [0, 0.05) is 31.2 Å².